The van der Waals surface area contributed by atoms with E-state index in [1.165, 1.54) is 4.90 Å². The maximum Gasteiger partial charge on any atom is 0.408 e. The van der Waals surface area contributed by atoms with E-state index in [1.807, 2.05) is 12.1 Å². The number of hydrogen-bond donors (Lipinski definition) is 2. The van der Waals surface area contributed by atoms with Crippen molar-refractivity contribution >= 4 is 17.7 Å². The Labute approximate surface area is 145 Å². The third-order valence-corrected chi connectivity index (χ3v) is 4.42. The van der Waals surface area contributed by atoms with Crippen molar-refractivity contribution in [1.82, 2.24) is 15.2 Å². The number of benzene rings is 1. The topological polar surface area (TPSA) is 74.7 Å². The molecule has 1 aromatic carbocycles. The van der Waals surface area contributed by atoms with Crippen LogP contribution in [0.15, 0.2) is 48.8 Å². The van der Waals surface area contributed by atoms with E-state index in [4.69, 9.17) is 16.3 Å². The third kappa shape index (κ3) is 3.29. The molecular weight excluding hydrogens is 330 g/mol. The number of halogens is 1. The molecule has 2 aromatic rings. The van der Waals surface area contributed by atoms with Crippen molar-refractivity contribution in [2.75, 3.05) is 26.2 Å². The zero-order valence-corrected chi connectivity index (χ0v) is 13.7. The number of aromatic nitrogens is 1. The van der Waals surface area contributed by atoms with E-state index in [0.29, 0.717) is 30.4 Å². The molecule has 1 unspecified atom stereocenters. The fourth-order valence-corrected chi connectivity index (χ4v) is 3.07. The summed E-state index contributed by atoms with van der Waals surface area (Å²) >= 11 is 5.98. The Morgan fingerprint density at radius 2 is 2.17 bits per heavy atom. The Hall–Kier alpha value is -2.31. The lowest BCUT2D eigenvalue weighted by molar-refractivity contribution is 0.0218. The summed E-state index contributed by atoms with van der Waals surface area (Å²) < 4.78 is 5.87. The lowest BCUT2D eigenvalue weighted by Gasteiger charge is -2.45. The molecule has 1 atom stereocenters. The van der Waals surface area contributed by atoms with Crippen LogP contribution < -0.4 is 10.1 Å². The van der Waals surface area contributed by atoms with Gasteiger partial charge in [-0.15, -0.1) is 0 Å². The number of nitrogens with one attached hydrogen (secondary N) is 1. The van der Waals surface area contributed by atoms with Crippen LogP contribution in [0.25, 0.3) is 0 Å². The lowest BCUT2D eigenvalue weighted by atomic mass is 9.87. The fourth-order valence-electron chi connectivity index (χ4n) is 2.94. The predicted octanol–water partition coefficient (Wildman–Crippen LogP) is 2.59. The molecule has 2 N–H and O–H groups in total. The zero-order valence-electron chi connectivity index (χ0n) is 13.0. The van der Waals surface area contributed by atoms with Crippen LogP contribution in [0.4, 0.5) is 4.79 Å². The van der Waals surface area contributed by atoms with Gasteiger partial charge in [-0.25, -0.2) is 4.79 Å². The summed E-state index contributed by atoms with van der Waals surface area (Å²) in [7, 11) is 0. The highest BCUT2D eigenvalue weighted by Gasteiger charge is 2.44. The van der Waals surface area contributed by atoms with Gasteiger partial charge in [0.15, 0.2) is 0 Å². The zero-order chi connectivity index (χ0) is 17.0. The SMILES string of the molecule is O=C(O)N1CCNCC1(COc1cccnc1)c1ccc(Cl)cc1. The highest BCUT2D eigenvalue weighted by Crippen LogP contribution is 2.32. The monoisotopic (exact) mass is 347 g/mol. The second-order valence-corrected chi connectivity index (χ2v) is 6.06. The first-order chi connectivity index (χ1) is 11.6. The average molecular weight is 348 g/mol. The molecule has 24 heavy (non-hydrogen) atoms. The summed E-state index contributed by atoms with van der Waals surface area (Å²) in [6.45, 7) is 1.63. The summed E-state index contributed by atoms with van der Waals surface area (Å²) in [6, 6.07) is 10.8. The van der Waals surface area contributed by atoms with Crippen LogP contribution in [0.3, 0.4) is 0 Å². The number of carboxylic acid groups (broad SMARTS) is 1. The Kier molecular flexibility index (Phi) is 4.87. The highest BCUT2D eigenvalue weighted by molar-refractivity contribution is 6.30. The van der Waals surface area contributed by atoms with Crippen LogP contribution in [0.1, 0.15) is 5.56 Å². The van der Waals surface area contributed by atoms with Gasteiger partial charge < -0.3 is 15.2 Å². The molecule has 0 aliphatic carbocycles. The molecule has 1 aliphatic heterocycles. The van der Waals surface area contributed by atoms with Crippen molar-refractivity contribution in [2.24, 2.45) is 0 Å². The van der Waals surface area contributed by atoms with E-state index in [1.54, 1.807) is 36.7 Å². The van der Waals surface area contributed by atoms with Gasteiger partial charge in [0.1, 0.15) is 17.9 Å². The van der Waals surface area contributed by atoms with E-state index >= 15 is 0 Å². The minimum absolute atomic E-state index is 0.180. The van der Waals surface area contributed by atoms with Crippen molar-refractivity contribution in [3.63, 3.8) is 0 Å². The van der Waals surface area contributed by atoms with Crippen LogP contribution in [-0.2, 0) is 5.54 Å². The molecule has 1 amide bonds. The second-order valence-electron chi connectivity index (χ2n) is 5.63. The van der Waals surface area contributed by atoms with Gasteiger partial charge in [0, 0.05) is 30.9 Å². The van der Waals surface area contributed by atoms with Gasteiger partial charge in [0.2, 0.25) is 0 Å². The Bertz CT molecular complexity index is 696. The largest absolute Gasteiger partial charge is 0.489 e. The average Bonchev–Trinajstić information content (AvgIpc) is 2.61. The number of amides is 1. The molecule has 1 fully saturated rings. The summed E-state index contributed by atoms with van der Waals surface area (Å²) in [5, 5.41) is 13.6. The van der Waals surface area contributed by atoms with Gasteiger partial charge in [-0.2, -0.15) is 0 Å². The Morgan fingerprint density at radius 3 is 2.83 bits per heavy atom. The molecule has 0 spiro atoms. The van der Waals surface area contributed by atoms with Crippen molar-refractivity contribution in [3.05, 3.63) is 59.4 Å². The minimum atomic E-state index is -0.971. The van der Waals surface area contributed by atoms with E-state index in [-0.39, 0.29) is 6.61 Å². The number of nitrogens with zero attached hydrogens (tertiary/aromatic N) is 2. The number of pyridine rings is 1. The van der Waals surface area contributed by atoms with Crippen molar-refractivity contribution < 1.29 is 14.6 Å². The summed E-state index contributed by atoms with van der Waals surface area (Å²) in [6.07, 6.45) is 2.30. The molecule has 0 radical (unpaired) electrons. The fraction of sp³-hybridized carbons (Fsp3) is 0.294. The molecule has 1 aliphatic rings. The summed E-state index contributed by atoms with van der Waals surface area (Å²) in [5.74, 6) is 0.599. The molecule has 0 saturated carbocycles. The predicted molar refractivity (Wildman–Crippen MR) is 90.5 cm³/mol. The van der Waals surface area contributed by atoms with Gasteiger partial charge in [-0.3, -0.25) is 9.88 Å². The standard InChI is InChI=1S/C17H18ClN3O3/c18-14-5-3-13(4-6-14)17(11-20-8-9-21(17)16(22)23)12-24-15-2-1-7-19-10-15/h1-7,10,20H,8-9,11-12H2,(H,22,23). The number of rotatable bonds is 4. The van der Waals surface area contributed by atoms with Crippen LogP contribution in [0.5, 0.6) is 5.75 Å². The molecule has 0 bridgehead atoms. The van der Waals surface area contributed by atoms with Gasteiger partial charge >= 0.3 is 6.09 Å². The van der Waals surface area contributed by atoms with Gasteiger partial charge in [-0.1, -0.05) is 23.7 Å². The molecule has 7 heteroatoms. The van der Waals surface area contributed by atoms with E-state index in [9.17, 15) is 9.90 Å². The molecular formula is C17H18ClN3O3. The maximum atomic E-state index is 11.8. The first kappa shape index (κ1) is 16.5. The molecule has 6 nitrogen and oxygen atoms in total. The number of ether oxygens (including phenoxy) is 1. The summed E-state index contributed by atoms with van der Waals surface area (Å²) in [4.78, 5) is 17.3. The van der Waals surface area contributed by atoms with E-state index in [0.717, 1.165) is 5.56 Å². The Balaban J connectivity index is 1.96. The van der Waals surface area contributed by atoms with Crippen LogP contribution in [0, 0.1) is 0 Å². The highest BCUT2D eigenvalue weighted by atomic mass is 35.5. The van der Waals surface area contributed by atoms with Crippen molar-refractivity contribution in [2.45, 2.75) is 5.54 Å². The quantitative estimate of drug-likeness (QED) is 0.889. The number of hydrogen-bond acceptors (Lipinski definition) is 4. The smallest absolute Gasteiger partial charge is 0.408 e. The van der Waals surface area contributed by atoms with Crippen LogP contribution >= 0.6 is 11.6 Å². The van der Waals surface area contributed by atoms with E-state index < -0.39 is 11.6 Å². The van der Waals surface area contributed by atoms with Gasteiger partial charge in [-0.05, 0) is 29.8 Å². The summed E-state index contributed by atoms with van der Waals surface area (Å²) in [5.41, 5.74) is 0.00947. The van der Waals surface area contributed by atoms with Crippen LogP contribution in [-0.4, -0.2) is 47.3 Å². The number of carbonyl (C=O) groups is 1. The molecule has 2 heterocycles. The minimum Gasteiger partial charge on any atom is -0.489 e. The normalized spacial score (nSPS) is 20.6. The maximum absolute atomic E-state index is 11.8. The van der Waals surface area contributed by atoms with E-state index in [2.05, 4.69) is 10.3 Å². The first-order valence-corrected chi connectivity index (χ1v) is 8.00. The second kappa shape index (κ2) is 7.07. The first-order valence-electron chi connectivity index (χ1n) is 7.62. The molecule has 3 rings (SSSR count). The third-order valence-electron chi connectivity index (χ3n) is 4.17. The molecule has 126 valence electrons. The molecule has 1 saturated heterocycles. The Morgan fingerprint density at radius 1 is 1.38 bits per heavy atom. The molecule has 1 aromatic heterocycles. The van der Waals surface area contributed by atoms with Gasteiger partial charge in [0.25, 0.3) is 0 Å². The van der Waals surface area contributed by atoms with Crippen LogP contribution in [0.2, 0.25) is 5.02 Å². The van der Waals surface area contributed by atoms with Gasteiger partial charge in [0.05, 0.1) is 6.20 Å². The lowest BCUT2D eigenvalue weighted by Crippen LogP contribution is -2.63. The number of piperazine rings is 1. The van der Waals surface area contributed by atoms with Crippen molar-refractivity contribution in [3.8, 4) is 5.75 Å². The van der Waals surface area contributed by atoms with Crippen molar-refractivity contribution in [1.29, 1.82) is 0 Å².